The Morgan fingerprint density at radius 1 is 1.38 bits per heavy atom. The molecule has 32 heavy (non-hydrogen) atoms. The highest BCUT2D eigenvalue weighted by Gasteiger charge is 2.37. The van der Waals surface area contributed by atoms with E-state index in [0.717, 1.165) is 23.6 Å². The monoisotopic (exact) mass is 444 g/mol. The first-order valence-electron chi connectivity index (χ1n) is 10.6. The van der Waals surface area contributed by atoms with E-state index in [1.54, 1.807) is 36.0 Å². The molecular formula is C24H30F2N4O2. The van der Waals surface area contributed by atoms with Crippen molar-refractivity contribution in [3.63, 3.8) is 0 Å². The summed E-state index contributed by atoms with van der Waals surface area (Å²) in [7, 11) is 3.46. The number of carbonyl (C=O) groups is 2. The molecule has 2 heterocycles. The van der Waals surface area contributed by atoms with Crippen LogP contribution in [0.15, 0.2) is 54.8 Å². The van der Waals surface area contributed by atoms with Gasteiger partial charge in [0.1, 0.15) is 6.04 Å². The second-order valence-electron chi connectivity index (χ2n) is 8.37. The van der Waals surface area contributed by atoms with Crippen LogP contribution < -0.4 is 10.6 Å². The number of amides is 2. The summed E-state index contributed by atoms with van der Waals surface area (Å²) in [6.45, 7) is 7.91. The van der Waals surface area contributed by atoms with E-state index in [2.05, 4.69) is 23.8 Å². The third kappa shape index (κ3) is 5.07. The van der Waals surface area contributed by atoms with Crippen molar-refractivity contribution in [3.05, 3.63) is 71.5 Å². The number of benzene rings is 1. The number of likely N-dealkylation sites (N-methyl/N-ethyl adjacent to an activating group) is 1. The van der Waals surface area contributed by atoms with Crippen LogP contribution in [0.3, 0.4) is 0 Å². The third-order valence-electron chi connectivity index (χ3n) is 5.85. The third-order valence-corrected chi connectivity index (χ3v) is 5.85. The Balaban J connectivity index is 1.63. The molecule has 0 bridgehead atoms. The Kier molecular flexibility index (Phi) is 7.13. The Bertz CT molecular complexity index is 955. The first-order chi connectivity index (χ1) is 15.1. The van der Waals surface area contributed by atoms with Gasteiger partial charge in [-0.25, -0.2) is 0 Å². The van der Waals surface area contributed by atoms with Crippen molar-refractivity contribution in [2.45, 2.75) is 37.9 Å². The summed E-state index contributed by atoms with van der Waals surface area (Å²) < 4.78 is 29.3. The van der Waals surface area contributed by atoms with Gasteiger partial charge in [0, 0.05) is 50.6 Å². The van der Waals surface area contributed by atoms with E-state index < -0.39 is 18.5 Å². The predicted octanol–water partition coefficient (Wildman–Crippen LogP) is 2.83. The molecule has 1 saturated heterocycles. The van der Waals surface area contributed by atoms with Crippen molar-refractivity contribution in [2.24, 2.45) is 0 Å². The highest BCUT2D eigenvalue weighted by molar-refractivity contribution is 6.01. The van der Waals surface area contributed by atoms with Gasteiger partial charge in [-0.15, -0.1) is 0 Å². The minimum atomic E-state index is -3.11. The zero-order chi connectivity index (χ0) is 23.5. The molecule has 2 aliphatic rings. The van der Waals surface area contributed by atoms with Crippen LogP contribution in [-0.2, 0) is 17.9 Å². The maximum absolute atomic E-state index is 14.6. The zero-order valence-corrected chi connectivity index (χ0v) is 18.6. The van der Waals surface area contributed by atoms with Crippen LogP contribution in [0.25, 0.3) is 0 Å². The quantitative estimate of drug-likeness (QED) is 0.575. The van der Waals surface area contributed by atoms with E-state index >= 15 is 0 Å². The van der Waals surface area contributed by atoms with Gasteiger partial charge in [0.2, 0.25) is 5.91 Å². The number of nitrogens with one attached hydrogen (secondary N) is 2. The molecule has 8 heteroatoms. The highest BCUT2D eigenvalue weighted by atomic mass is 19.3. The SMILES string of the molecule is C=C/C(=C\C(=C)N(C)C)C(F)(F)CNCc1ccc2c(c1)CN(C1CCCNC1=O)C2=O. The summed E-state index contributed by atoms with van der Waals surface area (Å²) in [5, 5.41) is 5.61. The van der Waals surface area contributed by atoms with Gasteiger partial charge in [0.15, 0.2) is 0 Å². The van der Waals surface area contributed by atoms with Crippen molar-refractivity contribution >= 4 is 11.8 Å². The molecule has 2 amide bonds. The zero-order valence-electron chi connectivity index (χ0n) is 18.6. The molecule has 1 fully saturated rings. The number of halogens is 2. The van der Waals surface area contributed by atoms with Crippen molar-refractivity contribution in [1.29, 1.82) is 0 Å². The first-order valence-corrected chi connectivity index (χ1v) is 10.6. The van der Waals surface area contributed by atoms with Crippen LogP contribution in [0.2, 0.25) is 0 Å². The number of alkyl halides is 2. The average molecular weight is 445 g/mol. The van der Waals surface area contributed by atoms with Gasteiger partial charge in [-0.2, -0.15) is 8.78 Å². The maximum Gasteiger partial charge on any atom is 0.285 e. The molecule has 2 N–H and O–H groups in total. The number of hydrogen-bond donors (Lipinski definition) is 2. The number of nitrogens with zero attached hydrogens (tertiary/aromatic N) is 2. The lowest BCUT2D eigenvalue weighted by Crippen LogP contribution is -2.50. The topological polar surface area (TPSA) is 64.7 Å². The summed E-state index contributed by atoms with van der Waals surface area (Å²) in [6, 6.07) is 4.86. The number of rotatable bonds is 9. The molecule has 1 aromatic carbocycles. The minimum absolute atomic E-state index is 0.121. The Labute approximate surface area is 187 Å². The van der Waals surface area contributed by atoms with Gasteiger partial charge in [-0.05, 0) is 36.1 Å². The van der Waals surface area contributed by atoms with E-state index in [1.807, 2.05) is 6.07 Å². The van der Waals surface area contributed by atoms with Crippen molar-refractivity contribution in [2.75, 3.05) is 27.2 Å². The van der Waals surface area contributed by atoms with E-state index in [0.29, 0.717) is 30.8 Å². The standard InChI is InChI=1S/C24H30F2N4O2/c1-5-19(11-16(2)29(3)4)24(25,26)15-27-13-17-8-9-20-18(12-17)14-30(23(20)32)21-7-6-10-28-22(21)31/h5,8-9,11-12,21,27H,1-2,6-7,10,13-15H2,3-4H3,(H,28,31)/b19-11+. The lowest BCUT2D eigenvalue weighted by atomic mass is 10.1. The molecule has 0 aromatic heterocycles. The molecule has 2 aliphatic heterocycles. The number of carbonyl (C=O) groups excluding carboxylic acids is 2. The van der Waals surface area contributed by atoms with Crippen LogP contribution in [0.5, 0.6) is 0 Å². The maximum atomic E-state index is 14.6. The summed E-state index contributed by atoms with van der Waals surface area (Å²) >= 11 is 0. The number of piperidine rings is 1. The Morgan fingerprint density at radius 3 is 2.78 bits per heavy atom. The summed E-state index contributed by atoms with van der Waals surface area (Å²) in [4.78, 5) is 28.2. The van der Waals surface area contributed by atoms with Crippen LogP contribution in [0.4, 0.5) is 8.78 Å². The summed E-state index contributed by atoms with van der Waals surface area (Å²) in [6.07, 6.45) is 3.95. The van der Waals surface area contributed by atoms with Gasteiger partial charge in [-0.1, -0.05) is 31.4 Å². The van der Waals surface area contributed by atoms with E-state index in [1.165, 1.54) is 6.08 Å². The average Bonchev–Trinajstić information content (AvgIpc) is 3.07. The lowest BCUT2D eigenvalue weighted by molar-refractivity contribution is -0.127. The van der Waals surface area contributed by atoms with Crippen LogP contribution in [0, 0.1) is 0 Å². The molecular weight excluding hydrogens is 414 g/mol. The molecule has 3 rings (SSSR count). The minimum Gasteiger partial charge on any atom is -0.378 e. The number of hydrogen-bond acceptors (Lipinski definition) is 4. The smallest absolute Gasteiger partial charge is 0.285 e. The largest absolute Gasteiger partial charge is 0.378 e. The van der Waals surface area contributed by atoms with Crippen LogP contribution in [-0.4, -0.2) is 60.8 Å². The fraction of sp³-hybridized carbons (Fsp3) is 0.417. The number of allylic oxidation sites excluding steroid dienone is 2. The predicted molar refractivity (Wildman–Crippen MR) is 120 cm³/mol. The lowest BCUT2D eigenvalue weighted by Gasteiger charge is -2.30. The molecule has 0 radical (unpaired) electrons. The fourth-order valence-electron chi connectivity index (χ4n) is 3.90. The van der Waals surface area contributed by atoms with E-state index in [4.69, 9.17) is 0 Å². The van der Waals surface area contributed by atoms with Gasteiger partial charge < -0.3 is 20.4 Å². The molecule has 6 nitrogen and oxygen atoms in total. The van der Waals surface area contributed by atoms with Gasteiger partial charge in [-0.3, -0.25) is 9.59 Å². The van der Waals surface area contributed by atoms with E-state index in [9.17, 15) is 18.4 Å². The molecule has 0 spiro atoms. The molecule has 172 valence electrons. The van der Waals surface area contributed by atoms with Gasteiger partial charge >= 0.3 is 0 Å². The van der Waals surface area contributed by atoms with Crippen molar-refractivity contribution in [1.82, 2.24) is 20.4 Å². The molecule has 0 saturated carbocycles. The molecule has 1 aromatic rings. The molecule has 1 atom stereocenters. The fourth-order valence-corrected chi connectivity index (χ4v) is 3.90. The van der Waals surface area contributed by atoms with Crippen molar-refractivity contribution < 1.29 is 18.4 Å². The van der Waals surface area contributed by atoms with Gasteiger partial charge in [0.25, 0.3) is 11.8 Å². The molecule has 0 aliphatic carbocycles. The number of fused-ring (bicyclic) bond motifs is 1. The Morgan fingerprint density at radius 2 is 2.12 bits per heavy atom. The normalized spacial score (nSPS) is 18.9. The highest BCUT2D eigenvalue weighted by Crippen LogP contribution is 2.29. The Hall–Kier alpha value is -3.00. The van der Waals surface area contributed by atoms with E-state index in [-0.39, 0.29) is 23.9 Å². The summed E-state index contributed by atoms with van der Waals surface area (Å²) in [5.41, 5.74) is 2.43. The second kappa shape index (κ2) is 9.65. The summed E-state index contributed by atoms with van der Waals surface area (Å²) in [5.74, 6) is -3.39. The van der Waals surface area contributed by atoms with Crippen molar-refractivity contribution in [3.8, 4) is 0 Å². The molecule has 1 unspecified atom stereocenters. The second-order valence-corrected chi connectivity index (χ2v) is 8.37. The van der Waals surface area contributed by atoms with Gasteiger partial charge in [0.05, 0.1) is 6.54 Å². The first kappa shape index (κ1) is 23.7. The van der Waals surface area contributed by atoms with Crippen LogP contribution in [0.1, 0.15) is 34.3 Å². The van der Waals surface area contributed by atoms with Crippen LogP contribution >= 0.6 is 0 Å².